The van der Waals surface area contributed by atoms with E-state index in [0.29, 0.717) is 0 Å². The van der Waals surface area contributed by atoms with Gasteiger partial charge in [0.2, 0.25) is 0 Å². The molecule has 0 unspecified atom stereocenters. The fraction of sp³-hybridized carbons (Fsp3) is 0.692. The van der Waals surface area contributed by atoms with Gasteiger partial charge in [0.05, 0.1) is 10.8 Å². The molecule has 0 bridgehead atoms. The summed E-state index contributed by atoms with van der Waals surface area (Å²) in [5, 5.41) is 18.4. The van der Waals surface area contributed by atoms with Gasteiger partial charge in [-0.2, -0.15) is 0 Å². The summed E-state index contributed by atoms with van der Waals surface area (Å²) in [5.74, 6) is -1.43. The van der Waals surface area contributed by atoms with Crippen LogP contribution >= 0.6 is 0 Å². The molecule has 0 heterocycles. The summed E-state index contributed by atoms with van der Waals surface area (Å²) >= 11 is 0. The number of aliphatic carboxylic acids is 2. The van der Waals surface area contributed by atoms with Gasteiger partial charge in [0, 0.05) is 0 Å². The second kappa shape index (κ2) is 11.5. The van der Waals surface area contributed by atoms with Crippen LogP contribution in [-0.2, 0) is 22.4 Å². The molecular formula is C26H42O4. The molecule has 0 atom stereocenters. The smallest absolute Gasteiger partial charge is 0.309 e. The van der Waals surface area contributed by atoms with E-state index in [2.05, 4.69) is 26.0 Å². The zero-order valence-electron chi connectivity index (χ0n) is 19.9. The van der Waals surface area contributed by atoms with E-state index in [9.17, 15) is 19.8 Å². The van der Waals surface area contributed by atoms with Crippen LogP contribution < -0.4 is 0 Å². The highest BCUT2D eigenvalue weighted by Gasteiger charge is 2.26. The lowest BCUT2D eigenvalue weighted by Crippen LogP contribution is -2.23. The monoisotopic (exact) mass is 418 g/mol. The Morgan fingerprint density at radius 3 is 1.30 bits per heavy atom. The number of carboxylic acid groups (broad SMARTS) is 2. The van der Waals surface area contributed by atoms with E-state index >= 15 is 0 Å². The Morgan fingerprint density at radius 1 is 0.667 bits per heavy atom. The highest BCUT2D eigenvalue weighted by Crippen LogP contribution is 2.26. The SMILES string of the molecule is Cc1cc(CCCCCC(C)(C)C(=O)O)c(C)cc1CCCCCC(C)(C)C(=O)O. The van der Waals surface area contributed by atoms with Gasteiger partial charge in [-0.05, 0) is 102 Å². The van der Waals surface area contributed by atoms with E-state index in [1.54, 1.807) is 27.7 Å². The first-order chi connectivity index (χ1) is 13.9. The highest BCUT2D eigenvalue weighted by molar-refractivity contribution is 5.73. The summed E-state index contributed by atoms with van der Waals surface area (Å²) in [6, 6.07) is 4.64. The van der Waals surface area contributed by atoms with Gasteiger partial charge < -0.3 is 10.2 Å². The van der Waals surface area contributed by atoms with Crippen LogP contribution in [0.4, 0.5) is 0 Å². The first-order valence-corrected chi connectivity index (χ1v) is 11.4. The van der Waals surface area contributed by atoms with Crippen molar-refractivity contribution >= 4 is 11.9 Å². The van der Waals surface area contributed by atoms with Crippen molar-refractivity contribution < 1.29 is 19.8 Å². The van der Waals surface area contributed by atoms with Crippen molar-refractivity contribution in [2.24, 2.45) is 10.8 Å². The minimum absolute atomic E-state index is 0.627. The Kier molecular flexibility index (Phi) is 10.1. The second-order valence-electron chi connectivity index (χ2n) is 10.2. The van der Waals surface area contributed by atoms with Gasteiger partial charge in [0.1, 0.15) is 0 Å². The third kappa shape index (κ3) is 8.49. The fourth-order valence-corrected chi connectivity index (χ4v) is 3.81. The van der Waals surface area contributed by atoms with Crippen molar-refractivity contribution in [3.05, 3.63) is 34.4 Å². The Hall–Kier alpha value is -1.84. The topological polar surface area (TPSA) is 74.6 Å². The molecule has 0 saturated heterocycles. The van der Waals surface area contributed by atoms with Crippen LogP contribution in [0.2, 0.25) is 0 Å². The van der Waals surface area contributed by atoms with Crippen molar-refractivity contribution in [2.75, 3.05) is 0 Å². The van der Waals surface area contributed by atoms with Crippen molar-refractivity contribution in [2.45, 2.75) is 106 Å². The molecule has 4 nitrogen and oxygen atoms in total. The molecule has 0 aliphatic carbocycles. The van der Waals surface area contributed by atoms with Crippen LogP contribution in [0.5, 0.6) is 0 Å². The number of carboxylic acids is 2. The van der Waals surface area contributed by atoms with Crippen molar-refractivity contribution in [3.63, 3.8) is 0 Å². The summed E-state index contributed by atoms with van der Waals surface area (Å²) in [7, 11) is 0. The van der Waals surface area contributed by atoms with Gasteiger partial charge in [0.15, 0.2) is 0 Å². The molecule has 0 saturated carbocycles. The molecule has 1 rings (SSSR count). The molecular weight excluding hydrogens is 376 g/mol. The first-order valence-electron chi connectivity index (χ1n) is 11.4. The Bertz CT molecular complexity index is 654. The van der Waals surface area contributed by atoms with E-state index in [1.165, 1.54) is 22.3 Å². The number of hydrogen-bond donors (Lipinski definition) is 2. The number of carbonyl (C=O) groups is 2. The van der Waals surface area contributed by atoms with Gasteiger partial charge in [-0.1, -0.05) is 37.8 Å². The lowest BCUT2D eigenvalue weighted by molar-refractivity contribution is -0.148. The molecule has 0 aliphatic rings. The normalized spacial score (nSPS) is 12.2. The van der Waals surface area contributed by atoms with Gasteiger partial charge >= 0.3 is 11.9 Å². The van der Waals surface area contributed by atoms with E-state index < -0.39 is 22.8 Å². The summed E-state index contributed by atoms with van der Waals surface area (Å²) in [5.41, 5.74) is 4.23. The van der Waals surface area contributed by atoms with E-state index in [0.717, 1.165) is 64.2 Å². The van der Waals surface area contributed by atoms with Crippen LogP contribution in [-0.4, -0.2) is 22.2 Å². The Morgan fingerprint density at radius 2 is 1.00 bits per heavy atom. The predicted molar refractivity (Wildman–Crippen MR) is 123 cm³/mol. The molecule has 0 spiro atoms. The first kappa shape index (κ1) is 26.2. The van der Waals surface area contributed by atoms with Crippen LogP contribution in [0.25, 0.3) is 0 Å². The standard InChI is InChI=1S/C26H42O4/c1-19-17-22(14-10-8-12-16-26(5,6)24(29)30)20(2)18-21(19)13-9-7-11-15-25(3,4)23(27)28/h17-18H,7-16H2,1-6H3,(H,27,28)(H,29,30). The van der Waals surface area contributed by atoms with Crippen LogP contribution in [0.3, 0.4) is 0 Å². The van der Waals surface area contributed by atoms with Crippen molar-refractivity contribution in [3.8, 4) is 0 Å². The molecule has 2 N–H and O–H groups in total. The Labute approximate surface area is 183 Å². The highest BCUT2D eigenvalue weighted by atomic mass is 16.4. The number of unbranched alkanes of at least 4 members (excludes halogenated alkanes) is 4. The van der Waals surface area contributed by atoms with Gasteiger partial charge in [-0.25, -0.2) is 0 Å². The largest absolute Gasteiger partial charge is 0.481 e. The minimum atomic E-state index is -0.713. The Balaban J connectivity index is 2.42. The molecule has 0 aliphatic heterocycles. The molecule has 0 radical (unpaired) electrons. The number of hydrogen-bond acceptors (Lipinski definition) is 2. The van der Waals surface area contributed by atoms with Gasteiger partial charge in [-0.3, -0.25) is 9.59 Å². The minimum Gasteiger partial charge on any atom is -0.481 e. The zero-order chi connectivity index (χ0) is 22.9. The lowest BCUT2D eigenvalue weighted by atomic mass is 9.86. The summed E-state index contributed by atoms with van der Waals surface area (Å²) < 4.78 is 0. The molecule has 170 valence electrons. The molecule has 30 heavy (non-hydrogen) atoms. The van der Waals surface area contributed by atoms with Crippen LogP contribution in [0.1, 0.15) is 101 Å². The maximum atomic E-state index is 11.2. The number of aryl methyl sites for hydroxylation is 4. The third-order valence-corrected chi connectivity index (χ3v) is 6.45. The third-order valence-electron chi connectivity index (χ3n) is 6.45. The molecule has 0 aromatic heterocycles. The molecule has 0 fully saturated rings. The molecule has 1 aromatic rings. The fourth-order valence-electron chi connectivity index (χ4n) is 3.81. The quantitative estimate of drug-likeness (QED) is 0.328. The van der Waals surface area contributed by atoms with E-state index in [-0.39, 0.29) is 0 Å². The number of rotatable bonds is 14. The van der Waals surface area contributed by atoms with Crippen molar-refractivity contribution in [1.29, 1.82) is 0 Å². The number of benzene rings is 1. The lowest BCUT2D eigenvalue weighted by Gasteiger charge is -2.19. The van der Waals surface area contributed by atoms with E-state index in [1.807, 2.05) is 0 Å². The van der Waals surface area contributed by atoms with Crippen molar-refractivity contribution in [1.82, 2.24) is 0 Å². The van der Waals surface area contributed by atoms with Gasteiger partial charge in [0.25, 0.3) is 0 Å². The zero-order valence-corrected chi connectivity index (χ0v) is 19.9. The second-order valence-corrected chi connectivity index (χ2v) is 10.2. The molecule has 1 aromatic carbocycles. The average Bonchev–Trinajstić information content (AvgIpc) is 2.64. The summed E-state index contributed by atoms with van der Waals surface area (Å²) in [4.78, 5) is 22.4. The maximum absolute atomic E-state index is 11.2. The summed E-state index contributed by atoms with van der Waals surface area (Å²) in [6.45, 7) is 11.6. The maximum Gasteiger partial charge on any atom is 0.309 e. The van der Waals surface area contributed by atoms with Gasteiger partial charge in [-0.15, -0.1) is 0 Å². The average molecular weight is 419 g/mol. The van der Waals surface area contributed by atoms with Crippen LogP contribution in [0.15, 0.2) is 12.1 Å². The summed E-state index contributed by atoms with van der Waals surface area (Å²) in [6.07, 6.45) is 9.75. The predicted octanol–water partition coefficient (Wildman–Crippen LogP) is 6.73. The molecule has 4 heteroatoms. The van der Waals surface area contributed by atoms with E-state index in [4.69, 9.17) is 0 Å². The van der Waals surface area contributed by atoms with Crippen LogP contribution in [0, 0.1) is 24.7 Å². The molecule has 0 amide bonds.